The van der Waals surface area contributed by atoms with E-state index in [0.29, 0.717) is 13.0 Å². The Hall–Kier alpha value is -0.710. The summed E-state index contributed by atoms with van der Waals surface area (Å²) in [5.74, 6) is -2.14. The topological polar surface area (TPSA) is 29.5 Å². The molecule has 2 nitrogen and oxygen atoms in total. The maximum Gasteiger partial charge on any atom is 0.160 e. The van der Waals surface area contributed by atoms with E-state index in [1.165, 1.54) is 0 Å². The van der Waals surface area contributed by atoms with Crippen molar-refractivity contribution in [2.45, 2.75) is 32.0 Å². The van der Waals surface area contributed by atoms with Crippen LogP contribution in [0.4, 0.5) is 8.78 Å². The first-order valence-electron chi connectivity index (χ1n) is 5.98. The molecule has 1 saturated heterocycles. The van der Waals surface area contributed by atoms with E-state index in [9.17, 15) is 13.9 Å². The van der Waals surface area contributed by atoms with Crippen molar-refractivity contribution in [1.82, 2.24) is 0 Å². The zero-order valence-electron chi connectivity index (χ0n) is 10.00. The van der Waals surface area contributed by atoms with Gasteiger partial charge in [-0.3, -0.25) is 0 Å². The van der Waals surface area contributed by atoms with E-state index >= 15 is 0 Å². The largest absolute Gasteiger partial charge is 0.388 e. The first kappa shape index (κ1) is 13.7. The first-order chi connectivity index (χ1) is 8.54. The average Bonchev–Trinajstić information content (AvgIpc) is 2.81. The lowest BCUT2D eigenvalue weighted by Gasteiger charge is -2.23. The molecule has 0 radical (unpaired) electrons. The van der Waals surface area contributed by atoms with Gasteiger partial charge in [0.1, 0.15) is 0 Å². The van der Waals surface area contributed by atoms with E-state index < -0.39 is 17.7 Å². The lowest BCUT2D eigenvalue weighted by molar-refractivity contribution is 0.0306. The highest BCUT2D eigenvalue weighted by atomic mass is 35.5. The summed E-state index contributed by atoms with van der Waals surface area (Å²) in [5.41, 5.74) is 0.226. The van der Waals surface area contributed by atoms with E-state index in [1.807, 2.05) is 6.92 Å². The highest BCUT2D eigenvalue weighted by Gasteiger charge is 2.34. The Labute approximate surface area is 110 Å². The summed E-state index contributed by atoms with van der Waals surface area (Å²) in [4.78, 5) is 0. The summed E-state index contributed by atoms with van der Waals surface area (Å²) < 4.78 is 31.7. The molecule has 2 rings (SSSR count). The molecule has 3 unspecified atom stereocenters. The monoisotopic (exact) mass is 276 g/mol. The molecular formula is C13H15ClF2O2. The third-order valence-electron chi connectivity index (χ3n) is 3.43. The summed E-state index contributed by atoms with van der Waals surface area (Å²) in [6, 6.07) is 1.86. The van der Waals surface area contributed by atoms with Gasteiger partial charge in [-0.15, -0.1) is 0 Å². The van der Waals surface area contributed by atoms with Gasteiger partial charge in [-0.05, 0) is 25.0 Å². The molecule has 0 amide bonds. The van der Waals surface area contributed by atoms with E-state index in [4.69, 9.17) is 16.3 Å². The molecule has 3 atom stereocenters. The van der Waals surface area contributed by atoms with Crippen molar-refractivity contribution in [1.29, 1.82) is 0 Å². The minimum Gasteiger partial charge on any atom is -0.388 e. The van der Waals surface area contributed by atoms with Crippen molar-refractivity contribution < 1.29 is 18.6 Å². The molecule has 0 bridgehead atoms. The molecule has 18 heavy (non-hydrogen) atoms. The lowest BCUT2D eigenvalue weighted by atomic mass is 9.89. The number of halogens is 3. The van der Waals surface area contributed by atoms with Crippen molar-refractivity contribution in [3.8, 4) is 0 Å². The Kier molecular flexibility index (Phi) is 4.20. The Morgan fingerprint density at radius 1 is 1.44 bits per heavy atom. The van der Waals surface area contributed by atoms with Crippen LogP contribution in [0.5, 0.6) is 0 Å². The standard InChI is InChI=1S/C13H15ClF2O2/c1-2-12-7(3-4-18-12)13(17)8-5-10(15)11(16)6-9(8)14/h5-7,12-13,17H,2-4H2,1H3. The van der Waals surface area contributed by atoms with Gasteiger partial charge >= 0.3 is 0 Å². The molecular weight excluding hydrogens is 262 g/mol. The average molecular weight is 277 g/mol. The molecule has 1 aliphatic rings. The highest BCUT2D eigenvalue weighted by Crippen LogP contribution is 2.37. The second-order valence-corrected chi connectivity index (χ2v) is 4.91. The van der Waals surface area contributed by atoms with Gasteiger partial charge in [0.15, 0.2) is 11.6 Å². The summed E-state index contributed by atoms with van der Waals surface area (Å²) in [7, 11) is 0. The predicted molar refractivity (Wildman–Crippen MR) is 64.5 cm³/mol. The molecule has 1 fully saturated rings. The Morgan fingerprint density at radius 2 is 2.11 bits per heavy atom. The molecule has 1 aromatic rings. The number of hydrogen-bond acceptors (Lipinski definition) is 2. The molecule has 100 valence electrons. The predicted octanol–water partition coefficient (Wildman–Crippen LogP) is 3.47. The number of ether oxygens (including phenoxy) is 1. The summed E-state index contributed by atoms with van der Waals surface area (Å²) in [6.45, 7) is 2.53. The van der Waals surface area contributed by atoms with Crippen LogP contribution in [0.25, 0.3) is 0 Å². The number of benzene rings is 1. The SMILES string of the molecule is CCC1OCCC1C(O)c1cc(F)c(F)cc1Cl. The number of hydrogen-bond donors (Lipinski definition) is 1. The van der Waals surface area contributed by atoms with Gasteiger partial charge in [-0.25, -0.2) is 8.78 Å². The van der Waals surface area contributed by atoms with Crippen LogP contribution in [0, 0.1) is 17.6 Å². The third kappa shape index (κ3) is 2.51. The van der Waals surface area contributed by atoms with Crippen molar-refractivity contribution in [2.24, 2.45) is 5.92 Å². The van der Waals surface area contributed by atoms with Crippen LogP contribution < -0.4 is 0 Å². The molecule has 0 spiro atoms. The quantitative estimate of drug-likeness (QED) is 0.857. The minimum absolute atomic E-state index is 0.0446. The van der Waals surface area contributed by atoms with E-state index in [0.717, 1.165) is 18.6 Å². The van der Waals surface area contributed by atoms with Crippen LogP contribution in [0.15, 0.2) is 12.1 Å². The van der Waals surface area contributed by atoms with Crippen LogP contribution in [-0.2, 0) is 4.74 Å². The number of aliphatic hydroxyl groups is 1. The second kappa shape index (κ2) is 5.51. The molecule has 1 aliphatic heterocycles. The fourth-order valence-corrected chi connectivity index (χ4v) is 2.70. The molecule has 0 aliphatic carbocycles. The van der Waals surface area contributed by atoms with E-state index in [-0.39, 0.29) is 22.6 Å². The van der Waals surface area contributed by atoms with Crippen molar-refractivity contribution in [3.63, 3.8) is 0 Å². The molecule has 1 heterocycles. The van der Waals surface area contributed by atoms with Gasteiger partial charge in [-0.2, -0.15) is 0 Å². The molecule has 1 aromatic carbocycles. The number of rotatable bonds is 3. The van der Waals surface area contributed by atoms with Gasteiger partial charge in [0.2, 0.25) is 0 Å². The minimum atomic E-state index is -1.01. The molecule has 5 heteroatoms. The fraction of sp³-hybridized carbons (Fsp3) is 0.538. The summed E-state index contributed by atoms with van der Waals surface area (Å²) >= 11 is 5.86. The second-order valence-electron chi connectivity index (χ2n) is 4.50. The molecule has 0 aromatic heterocycles. The third-order valence-corrected chi connectivity index (χ3v) is 3.75. The maximum absolute atomic E-state index is 13.2. The Morgan fingerprint density at radius 3 is 2.78 bits per heavy atom. The van der Waals surface area contributed by atoms with Crippen molar-refractivity contribution in [2.75, 3.05) is 6.61 Å². The van der Waals surface area contributed by atoms with Crippen molar-refractivity contribution >= 4 is 11.6 Å². The zero-order valence-corrected chi connectivity index (χ0v) is 10.8. The smallest absolute Gasteiger partial charge is 0.160 e. The van der Waals surface area contributed by atoms with Gasteiger partial charge < -0.3 is 9.84 Å². The molecule has 1 N–H and O–H groups in total. The van der Waals surface area contributed by atoms with Gasteiger partial charge in [0.05, 0.1) is 12.2 Å². The van der Waals surface area contributed by atoms with Gasteiger partial charge in [0, 0.05) is 23.1 Å². The van der Waals surface area contributed by atoms with Crippen LogP contribution in [0.1, 0.15) is 31.4 Å². The Balaban J connectivity index is 2.28. The zero-order chi connectivity index (χ0) is 13.3. The lowest BCUT2D eigenvalue weighted by Crippen LogP contribution is -2.22. The Bertz CT molecular complexity index is 439. The van der Waals surface area contributed by atoms with Crippen LogP contribution in [-0.4, -0.2) is 17.8 Å². The van der Waals surface area contributed by atoms with E-state index in [1.54, 1.807) is 0 Å². The van der Waals surface area contributed by atoms with Crippen LogP contribution in [0.2, 0.25) is 5.02 Å². The summed E-state index contributed by atoms with van der Waals surface area (Å²) in [5, 5.41) is 10.3. The molecule has 0 saturated carbocycles. The highest BCUT2D eigenvalue weighted by molar-refractivity contribution is 6.31. The number of aliphatic hydroxyl groups excluding tert-OH is 1. The van der Waals surface area contributed by atoms with Gasteiger partial charge in [-0.1, -0.05) is 18.5 Å². The normalized spacial score (nSPS) is 25.4. The van der Waals surface area contributed by atoms with E-state index in [2.05, 4.69) is 0 Å². The maximum atomic E-state index is 13.2. The van der Waals surface area contributed by atoms with Crippen molar-refractivity contribution in [3.05, 3.63) is 34.4 Å². The van der Waals surface area contributed by atoms with Crippen LogP contribution >= 0.6 is 11.6 Å². The fourth-order valence-electron chi connectivity index (χ4n) is 2.44. The first-order valence-corrected chi connectivity index (χ1v) is 6.36. The summed E-state index contributed by atoms with van der Waals surface area (Å²) in [6.07, 6.45) is 0.460. The van der Waals surface area contributed by atoms with Crippen LogP contribution in [0.3, 0.4) is 0 Å². The van der Waals surface area contributed by atoms with Gasteiger partial charge in [0.25, 0.3) is 0 Å².